The van der Waals surface area contributed by atoms with E-state index in [-0.39, 0.29) is 18.0 Å². The van der Waals surface area contributed by atoms with Gasteiger partial charge in [0.05, 0.1) is 16.8 Å². The normalized spacial score (nSPS) is 15.3. The molecule has 6 rings (SSSR count). The fourth-order valence-corrected chi connectivity index (χ4v) is 4.82. The molecule has 8 heteroatoms. The van der Waals surface area contributed by atoms with Crippen LogP contribution < -0.4 is 10.1 Å². The number of nitriles is 2. The van der Waals surface area contributed by atoms with Crippen LogP contribution in [0.2, 0.25) is 0 Å². The van der Waals surface area contributed by atoms with E-state index in [0.717, 1.165) is 47.8 Å². The number of rotatable bonds is 7. The highest BCUT2D eigenvalue weighted by Gasteiger charge is 2.32. The van der Waals surface area contributed by atoms with Crippen molar-refractivity contribution in [3.05, 3.63) is 71.9 Å². The summed E-state index contributed by atoms with van der Waals surface area (Å²) in [4.78, 5) is 16.5. The van der Waals surface area contributed by atoms with Gasteiger partial charge in [0, 0.05) is 29.4 Å². The molecule has 2 aromatic heterocycles. The number of anilines is 1. The Morgan fingerprint density at radius 3 is 2.55 bits per heavy atom. The predicted octanol–water partition coefficient (Wildman–Crippen LogP) is 6.92. The second-order valence-corrected chi connectivity index (χ2v) is 9.84. The van der Waals surface area contributed by atoms with E-state index in [9.17, 15) is 15.3 Å². The minimum absolute atomic E-state index is 0.0836. The zero-order valence-corrected chi connectivity index (χ0v) is 20.8. The van der Waals surface area contributed by atoms with Crippen molar-refractivity contribution in [2.75, 3.05) is 5.32 Å². The molecular formula is C30H25N5O3. The van der Waals surface area contributed by atoms with Crippen molar-refractivity contribution < 1.29 is 14.3 Å². The number of carbonyl (C=O) groups excluding carboxylic acids is 1. The summed E-state index contributed by atoms with van der Waals surface area (Å²) in [7, 11) is 0. The summed E-state index contributed by atoms with van der Waals surface area (Å²) in [5, 5.41) is 23.2. The number of nitrogens with one attached hydrogen (secondary N) is 1. The van der Waals surface area contributed by atoms with Crippen molar-refractivity contribution in [3.63, 3.8) is 0 Å². The molecule has 8 nitrogen and oxygen atoms in total. The van der Waals surface area contributed by atoms with Gasteiger partial charge in [-0.1, -0.05) is 12.1 Å². The Hall–Kier alpha value is -4.82. The van der Waals surface area contributed by atoms with Crippen molar-refractivity contribution in [2.24, 2.45) is 5.92 Å². The summed E-state index contributed by atoms with van der Waals surface area (Å²) >= 11 is 0. The second kappa shape index (κ2) is 9.57. The van der Waals surface area contributed by atoms with Gasteiger partial charge in [-0.25, -0.2) is 9.78 Å². The van der Waals surface area contributed by atoms with Crippen LogP contribution in [0.4, 0.5) is 10.5 Å². The molecule has 0 spiro atoms. The number of nitrogens with zero attached hydrogens (tertiary/aromatic N) is 4. The summed E-state index contributed by atoms with van der Waals surface area (Å²) in [6.07, 6.45) is 5.31. The Bertz CT molecular complexity index is 1620. The van der Waals surface area contributed by atoms with E-state index in [1.54, 1.807) is 24.4 Å². The van der Waals surface area contributed by atoms with Gasteiger partial charge in [-0.2, -0.15) is 10.5 Å². The lowest BCUT2D eigenvalue weighted by molar-refractivity contribution is 0.108. The lowest BCUT2D eigenvalue weighted by Gasteiger charge is -2.14. The van der Waals surface area contributed by atoms with Crippen molar-refractivity contribution in [2.45, 2.75) is 44.8 Å². The molecule has 2 fully saturated rings. The summed E-state index contributed by atoms with van der Waals surface area (Å²) < 4.78 is 13.6. The van der Waals surface area contributed by atoms with E-state index >= 15 is 0 Å². The summed E-state index contributed by atoms with van der Waals surface area (Å²) in [5.74, 6) is 1.26. The fraction of sp³-hybridized carbons (Fsp3) is 0.267. The molecule has 4 aromatic rings. The number of hydrogen-bond acceptors (Lipinski definition) is 6. The lowest BCUT2D eigenvalue weighted by Crippen LogP contribution is -2.21. The van der Waals surface area contributed by atoms with Crippen molar-refractivity contribution in [1.29, 1.82) is 10.5 Å². The molecule has 2 aromatic carbocycles. The van der Waals surface area contributed by atoms with E-state index in [2.05, 4.69) is 27.0 Å². The zero-order valence-electron chi connectivity index (χ0n) is 20.8. The third kappa shape index (κ3) is 4.53. The standard InChI is InChI=1S/C30H25N5O3/c1-18(19-4-5-19)37-30(36)34-22-8-6-20(7-9-22)28-26(17-32)25-13-12-24(15-27(25)35(28)23-10-11-23)38-29-21(16-31)3-2-14-33-29/h2-3,6-9,12-15,18-19,23H,4-5,10-11H2,1H3,(H,34,36)/t18-/m1/s1. The third-order valence-corrected chi connectivity index (χ3v) is 7.09. The maximum atomic E-state index is 12.3. The number of carbonyl (C=O) groups is 1. The van der Waals surface area contributed by atoms with Crippen molar-refractivity contribution in [3.8, 4) is 35.0 Å². The first-order valence-corrected chi connectivity index (χ1v) is 12.7. The smallest absolute Gasteiger partial charge is 0.411 e. The molecule has 1 N–H and O–H groups in total. The Morgan fingerprint density at radius 1 is 1.08 bits per heavy atom. The van der Waals surface area contributed by atoms with E-state index in [4.69, 9.17) is 9.47 Å². The first-order chi connectivity index (χ1) is 18.6. The van der Waals surface area contributed by atoms with Gasteiger partial charge in [-0.15, -0.1) is 0 Å². The van der Waals surface area contributed by atoms with E-state index < -0.39 is 6.09 Å². The van der Waals surface area contributed by atoms with Crippen LogP contribution in [0.3, 0.4) is 0 Å². The van der Waals surface area contributed by atoms with Crippen molar-refractivity contribution in [1.82, 2.24) is 9.55 Å². The number of benzene rings is 2. The molecule has 188 valence electrons. The summed E-state index contributed by atoms with van der Waals surface area (Å²) in [6, 6.07) is 21.2. The average molecular weight is 504 g/mol. The molecule has 0 bridgehead atoms. The molecule has 2 saturated carbocycles. The summed E-state index contributed by atoms with van der Waals surface area (Å²) in [6.45, 7) is 1.93. The molecule has 0 unspecified atom stereocenters. The molecule has 2 aliphatic rings. The van der Waals surface area contributed by atoms with Crippen LogP contribution in [0.15, 0.2) is 60.8 Å². The van der Waals surface area contributed by atoms with Crippen LogP contribution in [0, 0.1) is 28.6 Å². The quantitative estimate of drug-likeness (QED) is 0.293. The Balaban J connectivity index is 1.33. The molecule has 0 saturated heterocycles. The Labute approximate surface area is 220 Å². The SMILES string of the molecule is C[C@@H](OC(=O)Nc1ccc(-c2c(C#N)c3ccc(Oc4ncccc4C#N)cc3n2C2CC2)cc1)C1CC1. The highest BCUT2D eigenvalue weighted by Crippen LogP contribution is 2.45. The van der Waals surface area contributed by atoms with E-state index in [0.29, 0.717) is 28.5 Å². The highest BCUT2D eigenvalue weighted by molar-refractivity contribution is 5.96. The topological polar surface area (TPSA) is 113 Å². The highest BCUT2D eigenvalue weighted by atomic mass is 16.6. The number of amides is 1. The third-order valence-electron chi connectivity index (χ3n) is 7.09. The number of fused-ring (bicyclic) bond motifs is 1. The molecular weight excluding hydrogens is 478 g/mol. The van der Waals surface area contributed by atoms with Gasteiger partial charge in [0.15, 0.2) is 0 Å². The first kappa shape index (κ1) is 23.6. The Kier molecular flexibility index (Phi) is 5.94. The largest absolute Gasteiger partial charge is 0.446 e. The van der Waals surface area contributed by atoms with Gasteiger partial charge >= 0.3 is 6.09 Å². The molecule has 0 radical (unpaired) electrons. The van der Waals surface area contributed by atoms with Gasteiger partial charge < -0.3 is 14.0 Å². The van der Waals surface area contributed by atoms with E-state index in [1.807, 2.05) is 43.3 Å². The lowest BCUT2D eigenvalue weighted by atomic mass is 10.1. The number of pyridine rings is 1. The fourth-order valence-electron chi connectivity index (χ4n) is 4.82. The maximum absolute atomic E-state index is 12.3. The average Bonchev–Trinajstić information content (AvgIpc) is 3.86. The molecule has 2 heterocycles. The van der Waals surface area contributed by atoms with Gasteiger partial charge in [-0.05, 0) is 80.5 Å². The minimum Gasteiger partial charge on any atom is -0.446 e. The van der Waals surface area contributed by atoms with Crippen LogP contribution in [0.1, 0.15) is 49.8 Å². The van der Waals surface area contributed by atoms with Crippen LogP contribution in [0.25, 0.3) is 22.2 Å². The molecule has 2 aliphatic carbocycles. The molecule has 0 aliphatic heterocycles. The number of ether oxygens (including phenoxy) is 2. The molecule has 1 amide bonds. The second-order valence-electron chi connectivity index (χ2n) is 9.84. The molecule has 1 atom stereocenters. The van der Waals surface area contributed by atoms with Gasteiger partial charge in [0.2, 0.25) is 5.88 Å². The van der Waals surface area contributed by atoms with Crippen molar-refractivity contribution >= 4 is 22.7 Å². The van der Waals surface area contributed by atoms with E-state index in [1.165, 1.54) is 0 Å². The van der Waals surface area contributed by atoms with Crippen LogP contribution in [-0.2, 0) is 4.74 Å². The van der Waals surface area contributed by atoms with Gasteiger partial charge in [-0.3, -0.25) is 5.32 Å². The first-order valence-electron chi connectivity index (χ1n) is 12.7. The predicted molar refractivity (Wildman–Crippen MR) is 142 cm³/mol. The van der Waals surface area contributed by atoms with Crippen LogP contribution in [-0.4, -0.2) is 21.7 Å². The summed E-state index contributed by atoms with van der Waals surface area (Å²) in [5.41, 5.74) is 4.19. The van der Waals surface area contributed by atoms with Crippen LogP contribution >= 0.6 is 0 Å². The zero-order chi connectivity index (χ0) is 26.2. The maximum Gasteiger partial charge on any atom is 0.411 e. The monoisotopic (exact) mass is 503 g/mol. The number of hydrogen-bond donors (Lipinski definition) is 1. The minimum atomic E-state index is -0.457. The number of aromatic nitrogens is 2. The Morgan fingerprint density at radius 2 is 1.87 bits per heavy atom. The van der Waals surface area contributed by atoms with Gasteiger partial charge in [0.1, 0.15) is 29.6 Å². The van der Waals surface area contributed by atoms with Crippen LogP contribution in [0.5, 0.6) is 11.6 Å². The van der Waals surface area contributed by atoms with Gasteiger partial charge in [0.25, 0.3) is 0 Å². The molecule has 38 heavy (non-hydrogen) atoms.